The third kappa shape index (κ3) is 5.64. The maximum atomic E-state index is 13.8. The number of fused-ring (bicyclic) bond motifs is 1. The summed E-state index contributed by atoms with van der Waals surface area (Å²) in [5.41, 5.74) is 0.814. The first-order valence-electron chi connectivity index (χ1n) is 12.3. The van der Waals surface area contributed by atoms with Crippen LogP contribution in [0.2, 0.25) is 0 Å². The quantitative estimate of drug-likeness (QED) is 0.193. The Bertz CT molecular complexity index is 1490. The highest BCUT2D eigenvalue weighted by molar-refractivity contribution is 6.01. The van der Waals surface area contributed by atoms with Crippen molar-refractivity contribution in [2.24, 2.45) is 0 Å². The van der Waals surface area contributed by atoms with Crippen molar-refractivity contribution < 1.29 is 26.7 Å². The smallest absolute Gasteiger partial charge is 0.416 e. The van der Waals surface area contributed by atoms with Gasteiger partial charge < -0.3 is 20.4 Å². The lowest BCUT2D eigenvalue weighted by molar-refractivity contribution is -0.137. The first kappa shape index (κ1) is 26.4. The predicted octanol–water partition coefficient (Wildman–Crippen LogP) is 7.02. The summed E-state index contributed by atoms with van der Waals surface area (Å²) >= 11 is 0. The summed E-state index contributed by atoms with van der Waals surface area (Å²) in [5, 5.41) is 11.0. The Kier molecular flexibility index (Phi) is 7.11. The van der Waals surface area contributed by atoms with Gasteiger partial charge in [0.05, 0.1) is 22.8 Å². The van der Waals surface area contributed by atoms with Gasteiger partial charge in [0.2, 0.25) is 5.95 Å². The molecule has 0 atom stereocenters. The van der Waals surface area contributed by atoms with Crippen LogP contribution in [0.4, 0.5) is 39.4 Å². The molecule has 0 amide bonds. The van der Waals surface area contributed by atoms with Crippen molar-refractivity contribution in [2.75, 3.05) is 23.3 Å². The van der Waals surface area contributed by atoms with Gasteiger partial charge in [-0.3, -0.25) is 4.57 Å². The van der Waals surface area contributed by atoms with Crippen molar-refractivity contribution >= 4 is 34.2 Å². The maximum absolute atomic E-state index is 13.8. The molecule has 1 saturated heterocycles. The van der Waals surface area contributed by atoms with Crippen molar-refractivity contribution in [1.29, 1.82) is 5.41 Å². The molecule has 2 aromatic carbocycles. The van der Waals surface area contributed by atoms with Crippen molar-refractivity contribution in [2.45, 2.75) is 38.6 Å². The second-order valence-corrected chi connectivity index (χ2v) is 9.25. The van der Waals surface area contributed by atoms with Crippen LogP contribution >= 0.6 is 0 Å². The topological polar surface area (TPSA) is 79.1 Å². The van der Waals surface area contributed by atoms with E-state index >= 15 is 0 Å². The van der Waals surface area contributed by atoms with E-state index in [4.69, 9.17) is 10.1 Å². The van der Waals surface area contributed by atoms with Crippen molar-refractivity contribution in [3.05, 3.63) is 71.9 Å². The van der Waals surface area contributed by atoms with Crippen molar-refractivity contribution in [3.8, 4) is 5.75 Å². The Morgan fingerprint density at radius 1 is 1.08 bits per heavy atom. The van der Waals surface area contributed by atoms with Gasteiger partial charge in [-0.2, -0.15) is 22.0 Å². The molecule has 39 heavy (non-hydrogen) atoms. The molecule has 0 unspecified atom stereocenters. The molecule has 0 spiro atoms. The number of halogens is 5. The number of aromatic nitrogens is 3. The number of piperidine rings is 1. The van der Waals surface area contributed by atoms with Crippen LogP contribution in [-0.2, 0) is 6.18 Å². The van der Waals surface area contributed by atoms with E-state index < -0.39 is 18.3 Å². The van der Waals surface area contributed by atoms with Gasteiger partial charge >= 0.3 is 12.7 Å². The summed E-state index contributed by atoms with van der Waals surface area (Å²) in [5.74, 6) is 0.859. The van der Waals surface area contributed by atoms with Gasteiger partial charge in [0.25, 0.3) is 0 Å². The zero-order valence-electron chi connectivity index (χ0n) is 20.8. The van der Waals surface area contributed by atoms with Gasteiger partial charge in [0.1, 0.15) is 17.7 Å². The molecule has 0 saturated carbocycles. The lowest BCUT2D eigenvalue weighted by atomic mass is 10.1. The molecule has 2 aromatic heterocycles. The van der Waals surface area contributed by atoms with Crippen molar-refractivity contribution in [1.82, 2.24) is 14.5 Å². The van der Waals surface area contributed by atoms with E-state index in [1.165, 1.54) is 18.3 Å². The molecule has 12 heteroatoms. The zero-order chi connectivity index (χ0) is 27.7. The zero-order valence-corrected chi connectivity index (χ0v) is 20.8. The fourth-order valence-corrected chi connectivity index (χ4v) is 4.62. The minimum absolute atomic E-state index is 0.156. The van der Waals surface area contributed by atoms with E-state index in [1.807, 2.05) is 4.90 Å². The van der Waals surface area contributed by atoms with Gasteiger partial charge in [-0.25, -0.2) is 9.97 Å². The first-order chi connectivity index (χ1) is 18.6. The van der Waals surface area contributed by atoms with Crippen LogP contribution in [0, 0.1) is 5.41 Å². The summed E-state index contributed by atoms with van der Waals surface area (Å²) in [6.07, 6.45) is -2.14. The van der Waals surface area contributed by atoms with Crippen LogP contribution in [0.1, 0.15) is 37.4 Å². The number of alkyl halides is 5. The molecule has 0 radical (unpaired) electrons. The number of para-hydroxylation sites is 2. The number of imidazole rings is 1. The van der Waals surface area contributed by atoms with Crippen molar-refractivity contribution in [3.63, 3.8) is 0 Å². The Morgan fingerprint density at radius 3 is 2.51 bits per heavy atom. The van der Waals surface area contributed by atoms with E-state index in [0.29, 0.717) is 48.3 Å². The lowest BCUT2D eigenvalue weighted by Gasteiger charge is -2.33. The average molecular weight is 545 g/mol. The molecule has 1 aliphatic rings. The standard InChI is InChI=1S/C27H25F5N6O/c1-16(33)21-14-20(15-34-24(21)35-18-6-4-5-17(13-18)27(30,31)32)39-19-9-11-37(12-10-19)26-36-22-7-2-3-8-23(22)38(26)25(28)29/h2-8,13-15,19,25,33H,9-12H2,1H3,(H,34,35). The third-order valence-electron chi connectivity index (χ3n) is 6.52. The van der Waals surface area contributed by atoms with Crippen LogP contribution in [0.3, 0.4) is 0 Å². The molecule has 1 aliphatic heterocycles. The highest BCUT2D eigenvalue weighted by atomic mass is 19.4. The number of hydrogen-bond donors (Lipinski definition) is 2. The predicted molar refractivity (Wildman–Crippen MR) is 138 cm³/mol. The Balaban J connectivity index is 1.28. The molecule has 5 rings (SSSR count). The molecular weight excluding hydrogens is 519 g/mol. The summed E-state index contributed by atoms with van der Waals surface area (Å²) < 4.78 is 74.0. The largest absolute Gasteiger partial charge is 0.489 e. The highest BCUT2D eigenvalue weighted by Crippen LogP contribution is 2.33. The van der Waals surface area contributed by atoms with E-state index in [1.54, 1.807) is 37.3 Å². The van der Waals surface area contributed by atoms with E-state index in [2.05, 4.69) is 15.3 Å². The highest BCUT2D eigenvalue weighted by Gasteiger charge is 2.31. The SMILES string of the molecule is CC(=N)c1cc(OC2CCN(c3nc4ccccc4n3C(F)F)CC2)cnc1Nc1cccc(C(F)(F)F)c1. The average Bonchev–Trinajstić information content (AvgIpc) is 3.29. The molecule has 1 fully saturated rings. The Labute approximate surface area is 220 Å². The lowest BCUT2D eigenvalue weighted by Crippen LogP contribution is -2.39. The molecule has 0 bridgehead atoms. The molecular formula is C27H25F5N6O. The minimum atomic E-state index is -4.48. The Hall–Kier alpha value is -4.22. The number of hydrogen-bond acceptors (Lipinski definition) is 6. The molecule has 2 N–H and O–H groups in total. The summed E-state index contributed by atoms with van der Waals surface area (Å²) in [6.45, 7) is -0.260. The summed E-state index contributed by atoms with van der Waals surface area (Å²) in [7, 11) is 0. The third-order valence-corrected chi connectivity index (χ3v) is 6.52. The van der Waals surface area contributed by atoms with Gasteiger partial charge in [-0.15, -0.1) is 0 Å². The second kappa shape index (κ2) is 10.5. The molecule has 204 valence electrons. The first-order valence-corrected chi connectivity index (χ1v) is 12.3. The Morgan fingerprint density at radius 2 is 1.82 bits per heavy atom. The number of ether oxygens (including phenoxy) is 1. The number of nitrogens with one attached hydrogen (secondary N) is 2. The fraction of sp³-hybridized carbons (Fsp3) is 0.296. The van der Waals surface area contributed by atoms with Crippen LogP contribution in [0.25, 0.3) is 11.0 Å². The van der Waals surface area contributed by atoms with E-state index in [9.17, 15) is 22.0 Å². The number of rotatable bonds is 7. The normalized spacial score (nSPS) is 14.7. The summed E-state index contributed by atoms with van der Waals surface area (Å²) in [6, 6.07) is 13.1. The van der Waals surface area contributed by atoms with Crippen LogP contribution < -0.4 is 15.0 Å². The van der Waals surface area contributed by atoms with Gasteiger partial charge in [0, 0.05) is 42.9 Å². The maximum Gasteiger partial charge on any atom is 0.416 e. The van der Waals surface area contributed by atoms with Crippen LogP contribution in [0.15, 0.2) is 60.8 Å². The summed E-state index contributed by atoms with van der Waals surface area (Å²) in [4.78, 5) is 10.5. The molecule has 3 heterocycles. The molecule has 7 nitrogen and oxygen atoms in total. The van der Waals surface area contributed by atoms with E-state index in [-0.39, 0.29) is 29.3 Å². The number of benzene rings is 2. The molecule has 0 aliphatic carbocycles. The number of nitrogens with zero attached hydrogens (tertiary/aromatic N) is 4. The molecule has 4 aromatic rings. The fourth-order valence-electron chi connectivity index (χ4n) is 4.62. The van der Waals surface area contributed by atoms with Crippen LogP contribution in [-0.4, -0.2) is 39.4 Å². The van der Waals surface area contributed by atoms with E-state index in [0.717, 1.165) is 16.7 Å². The number of anilines is 3. The monoisotopic (exact) mass is 544 g/mol. The number of pyridine rings is 1. The van der Waals surface area contributed by atoms with Gasteiger partial charge in [0.15, 0.2) is 0 Å². The van der Waals surface area contributed by atoms with Crippen LogP contribution in [0.5, 0.6) is 5.75 Å². The second-order valence-electron chi connectivity index (χ2n) is 9.25. The minimum Gasteiger partial charge on any atom is -0.489 e. The van der Waals surface area contributed by atoms with Gasteiger partial charge in [-0.05, 0) is 43.3 Å². The van der Waals surface area contributed by atoms with Gasteiger partial charge in [-0.1, -0.05) is 18.2 Å².